The van der Waals surface area contributed by atoms with Crippen molar-refractivity contribution in [2.75, 3.05) is 31.1 Å². The van der Waals surface area contributed by atoms with Crippen molar-refractivity contribution in [2.24, 2.45) is 0 Å². The molecular weight excluding hydrogens is 394 g/mol. The largest absolute Gasteiger partial charge is 0.334 e. The minimum Gasteiger partial charge on any atom is -0.334 e. The van der Waals surface area contributed by atoms with Crippen LogP contribution in [0.3, 0.4) is 0 Å². The Morgan fingerprint density at radius 1 is 1.00 bits per heavy atom. The molecule has 1 aromatic heterocycles. The highest BCUT2D eigenvalue weighted by Gasteiger charge is 2.23. The van der Waals surface area contributed by atoms with E-state index in [1.807, 2.05) is 0 Å². The van der Waals surface area contributed by atoms with Gasteiger partial charge in [0.1, 0.15) is 0 Å². The molecule has 0 saturated carbocycles. The van der Waals surface area contributed by atoms with Crippen molar-refractivity contribution < 1.29 is 14.5 Å². The maximum atomic E-state index is 13.4. The maximum absolute atomic E-state index is 13.4. The average molecular weight is 425 g/mol. The van der Waals surface area contributed by atoms with Gasteiger partial charge < -0.3 is 4.90 Å². The van der Waals surface area contributed by atoms with E-state index in [1.165, 1.54) is 23.0 Å². The molecule has 1 heterocycles. The Morgan fingerprint density at radius 3 is 2.20 bits per heavy atom. The number of Topliss-reactive ketones (excluding diaryl/α,β-unsaturated/α-hetero) is 1. The fourth-order valence-electron chi connectivity index (χ4n) is 3.44. The average Bonchev–Trinajstić information content (AvgIpc) is 3.13. The van der Waals surface area contributed by atoms with Crippen molar-refractivity contribution in [2.45, 2.75) is 34.6 Å². The zero-order chi connectivity index (χ0) is 21.8. The lowest BCUT2D eigenvalue weighted by atomic mass is 10.1. The highest BCUT2D eigenvalue weighted by Crippen LogP contribution is 2.31. The van der Waals surface area contributed by atoms with E-state index in [4.69, 9.17) is 4.98 Å². The molecule has 1 amide bonds. The summed E-state index contributed by atoms with van der Waals surface area (Å²) >= 11 is 1.56. The van der Waals surface area contributed by atoms with Crippen LogP contribution in [0.1, 0.15) is 52.6 Å². The molecule has 0 atom stereocenters. The van der Waals surface area contributed by atoms with Gasteiger partial charge in [-0.2, -0.15) is 0 Å². The fraction of sp³-hybridized carbons (Fsp3) is 0.375. The Morgan fingerprint density at radius 2 is 1.60 bits per heavy atom. The van der Waals surface area contributed by atoms with E-state index in [1.54, 1.807) is 40.5 Å². The van der Waals surface area contributed by atoms with Gasteiger partial charge in [-0.05, 0) is 70.0 Å². The molecule has 0 aliphatic heterocycles. The summed E-state index contributed by atoms with van der Waals surface area (Å²) in [4.78, 5) is 33.0. The van der Waals surface area contributed by atoms with E-state index in [0.717, 1.165) is 35.0 Å². The van der Waals surface area contributed by atoms with E-state index in [2.05, 4.69) is 39.8 Å². The number of fused-ring (bicyclic) bond motifs is 1. The molecule has 0 spiro atoms. The molecule has 0 saturated heterocycles. The highest BCUT2D eigenvalue weighted by atomic mass is 32.1. The number of benzene rings is 2. The zero-order valence-corrected chi connectivity index (χ0v) is 19.2. The van der Waals surface area contributed by atoms with Gasteiger partial charge in [-0.1, -0.05) is 23.5 Å². The molecule has 1 N–H and O–H groups in total. The summed E-state index contributed by atoms with van der Waals surface area (Å²) in [5, 5.41) is 0.724. The summed E-state index contributed by atoms with van der Waals surface area (Å²) < 4.78 is 1.09. The van der Waals surface area contributed by atoms with Crippen molar-refractivity contribution in [3.63, 3.8) is 0 Å². The van der Waals surface area contributed by atoms with Gasteiger partial charge in [0.25, 0.3) is 5.91 Å². The van der Waals surface area contributed by atoms with Crippen LogP contribution >= 0.6 is 11.3 Å². The van der Waals surface area contributed by atoms with Gasteiger partial charge in [0.2, 0.25) is 0 Å². The summed E-state index contributed by atoms with van der Waals surface area (Å²) in [7, 11) is 0. The van der Waals surface area contributed by atoms with Crippen LogP contribution in [0.4, 0.5) is 5.13 Å². The third kappa shape index (κ3) is 4.77. The molecule has 0 fully saturated rings. The molecule has 6 heteroatoms. The number of rotatable bonds is 8. The normalized spacial score (nSPS) is 11.3. The van der Waals surface area contributed by atoms with Crippen LogP contribution in [0.15, 0.2) is 36.4 Å². The number of thiazole rings is 1. The van der Waals surface area contributed by atoms with Gasteiger partial charge in [-0.25, -0.2) is 4.98 Å². The standard InChI is InChI=1S/C24H29N3O2S/c1-6-26(7-2)12-13-27(23(29)20-10-8-19(9-11-20)18(5)28)24-25-21-14-16(3)17(4)15-22(21)30-24/h8-11,14-15H,6-7,12-13H2,1-5H3/p+1. The van der Waals surface area contributed by atoms with Crippen LogP contribution in [0.5, 0.6) is 0 Å². The van der Waals surface area contributed by atoms with Crippen LogP contribution in [0, 0.1) is 13.8 Å². The van der Waals surface area contributed by atoms with Crippen LogP contribution in [-0.4, -0.2) is 42.9 Å². The molecule has 0 aliphatic rings. The number of hydrogen-bond donors (Lipinski definition) is 1. The number of ketones is 1. The molecule has 3 aromatic rings. The first-order valence-corrected chi connectivity index (χ1v) is 11.3. The SMILES string of the molecule is CC[NH+](CC)CCN(C(=O)c1ccc(C(C)=O)cc1)c1nc2cc(C)c(C)cc2s1. The predicted octanol–water partition coefficient (Wildman–Crippen LogP) is 3.69. The van der Waals surface area contributed by atoms with Crippen molar-refractivity contribution in [1.29, 1.82) is 0 Å². The molecule has 0 unspecified atom stereocenters. The maximum Gasteiger partial charge on any atom is 0.260 e. The number of aromatic nitrogens is 1. The number of hydrogen-bond acceptors (Lipinski definition) is 4. The quantitative estimate of drug-likeness (QED) is 0.561. The Labute approximate surface area is 182 Å². The third-order valence-electron chi connectivity index (χ3n) is 5.70. The first-order chi connectivity index (χ1) is 14.3. The Bertz CT molecular complexity index is 1010. The molecule has 30 heavy (non-hydrogen) atoms. The minimum absolute atomic E-state index is 0.00657. The van der Waals surface area contributed by atoms with E-state index < -0.39 is 0 Å². The second kappa shape index (κ2) is 9.49. The van der Waals surface area contributed by atoms with Gasteiger partial charge in [0, 0.05) is 11.1 Å². The van der Waals surface area contributed by atoms with Crippen LogP contribution in [0.25, 0.3) is 10.2 Å². The zero-order valence-electron chi connectivity index (χ0n) is 18.4. The Balaban J connectivity index is 1.97. The van der Waals surface area contributed by atoms with Crippen LogP contribution in [0.2, 0.25) is 0 Å². The first-order valence-electron chi connectivity index (χ1n) is 10.5. The van der Waals surface area contributed by atoms with E-state index in [-0.39, 0.29) is 11.7 Å². The number of anilines is 1. The number of nitrogens with one attached hydrogen (secondary N) is 1. The van der Waals surface area contributed by atoms with Gasteiger partial charge in [-0.15, -0.1) is 0 Å². The van der Waals surface area contributed by atoms with E-state index >= 15 is 0 Å². The van der Waals surface area contributed by atoms with Gasteiger partial charge in [0.15, 0.2) is 10.9 Å². The number of aryl methyl sites for hydroxylation is 2. The Kier molecular flexibility index (Phi) is 7.00. The smallest absolute Gasteiger partial charge is 0.260 e. The molecule has 158 valence electrons. The summed E-state index contributed by atoms with van der Waals surface area (Å²) in [6.07, 6.45) is 0. The first kappa shape index (κ1) is 22.1. The molecule has 2 aromatic carbocycles. The molecule has 5 nitrogen and oxygen atoms in total. The van der Waals surface area contributed by atoms with Crippen molar-refractivity contribution >= 4 is 38.4 Å². The van der Waals surface area contributed by atoms with E-state index in [9.17, 15) is 9.59 Å². The third-order valence-corrected chi connectivity index (χ3v) is 6.74. The summed E-state index contributed by atoms with van der Waals surface area (Å²) in [5.74, 6) is -0.0861. The lowest BCUT2D eigenvalue weighted by molar-refractivity contribution is -0.894. The number of quaternary nitrogens is 1. The number of amides is 1. The van der Waals surface area contributed by atoms with Gasteiger partial charge >= 0.3 is 0 Å². The number of likely N-dealkylation sites (N-methyl/N-ethyl adjacent to an activating group) is 1. The molecule has 0 radical (unpaired) electrons. The highest BCUT2D eigenvalue weighted by molar-refractivity contribution is 7.22. The monoisotopic (exact) mass is 424 g/mol. The van der Waals surface area contributed by atoms with Gasteiger partial charge in [0.05, 0.1) is 36.4 Å². The van der Waals surface area contributed by atoms with Crippen LogP contribution in [-0.2, 0) is 0 Å². The number of nitrogens with zero attached hydrogens (tertiary/aromatic N) is 2. The Hall–Kier alpha value is -2.57. The predicted molar refractivity (Wildman–Crippen MR) is 124 cm³/mol. The molecule has 0 aliphatic carbocycles. The second-order valence-electron chi connectivity index (χ2n) is 7.70. The molecule has 3 rings (SSSR count). The lowest BCUT2D eigenvalue weighted by Gasteiger charge is -2.23. The fourth-order valence-corrected chi connectivity index (χ4v) is 4.51. The van der Waals surface area contributed by atoms with Crippen molar-refractivity contribution in [3.05, 3.63) is 58.7 Å². The summed E-state index contributed by atoms with van der Waals surface area (Å²) in [6, 6.07) is 11.1. The van der Waals surface area contributed by atoms with Crippen molar-refractivity contribution in [1.82, 2.24) is 4.98 Å². The number of carbonyl (C=O) groups is 2. The lowest BCUT2D eigenvalue weighted by Crippen LogP contribution is -3.12. The van der Waals surface area contributed by atoms with Crippen LogP contribution < -0.4 is 9.80 Å². The molecular formula is C24H30N3O2S+. The summed E-state index contributed by atoms with van der Waals surface area (Å²) in [6.45, 7) is 13.5. The number of carbonyl (C=O) groups excluding carboxylic acids is 2. The van der Waals surface area contributed by atoms with Crippen molar-refractivity contribution in [3.8, 4) is 0 Å². The summed E-state index contributed by atoms with van der Waals surface area (Å²) in [5.41, 5.74) is 4.53. The van der Waals surface area contributed by atoms with E-state index in [0.29, 0.717) is 17.7 Å². The van der Waals surface area contributed by atoms with Gasteiger partial charge in [-0.3, -0.25) is 14.5 Å². The minimum atomic E-state index is -0.0795. The molecule has 0 bridgehead atoms. The topological polar surface area (TPSA) is 54.7 Å². The second-order valence-corrected chi connectivity index (χ2v) is 8.71.